The van der Waals surface area contributed by atoms with Crippen LogP contribution in [0.4, 0.5) is 0 Å². The van der Waals surface area contributed by atoms with Crippen molar-refractivity contribution in [1.82, 2.24) is 0 Å². The van der Waals surface area contributed by atoms with Gasteiger partial charge in [-0.1, -0.05) is 25.8 Å². The largest absolute Gasteiger partial charge is 0.393 e. The summed E-state index contributed by atoms with van der Waals surface area (Å²) in [6.07, 6.45) is 8.46. The minimum Gasteiger partial charge on any atom is -0.393 e. The number of hydrogen-bond donors (Lipinski definition) is 1. The van der Waals surface area contributed by atoms with Crippen LogP contribution >= 0.6 is 0 Å². The molecule has 1 heteroatoms. The maximum Gasteiger partial charge on any atom is 0.0537 e. The van der Waals surface area contributed by atoms with E-state index in [1.165, 1.54) is 12.8 Å². The van der Waals surface area contributed by atoms with Gasteiger partial charge in [-0.15, -0.1) is 6.58 Å². The van der Waals surface area contributed by atoms with Crippen molar-refractivity contribution < 1.29 is 5.11 Å². The third kappa shape index (κ3) is 7.60. The van der Waals surface area contributed by atoms with Crippen LogP contribution in [0.5, 0.6) is 0 Å². The summed E-state index contributed by atoms with van der Waals surface area (Å²) in [5.74, 6) is 0. The standard InChI is InChI=1S/C10H20O/c1-3-5-6-7-8-9-10(11)4-2/h3,10-11H,1,4-9H2,2H3/t10-/m1/s1. The van der Waals surface area contributed by atoms with Gasteiger partial charge in [0.1, 0.15) is 0 Å². The van der Waals surface area contributed by atoms with E-state index in [1.54, 1.807) is 0 Å². The van der Waals surface area contributed by atoms with E-state index >= 15 is 0 Å². The van der Waals surface area contributed by atoms with Gasteiger partial charge in [-0.05, 0) is 25.7 Å². The minimum absolute atomic E-state index is 0.0706. The van der Waals surface area contributed by atoms with Crippen LogP contribution in [0.2, 0.25) is 0 Å². The van der Waals surface area contributed by atoms with Gasteiger partial charge in [0.25, 0.3) is 0 Å². The Balaban J connectivity index is 2.95. The van der Waals surface area contributed by atoms with Crippen LogP contribution in [0.1, 0.15) is 45.4 Å². The summed E-state index contributed by atoms with van der Waals surface area (Å²) in [5.41, 5.74) is 0. The average molecular weight is 156 g/mol. The first-order valence-electron chi connectivity index (χ1n) is 4.60. The molecule has 0 unspecified atom stereocenters. The molecule has 0 bridgehead atoms. The predicted octanol–water partition coefficient (Wildman–Crippen LogP) is 2.89. The highest BCUT2D eigenvalue weighted by molar-refractivity contribution is 4.65. The summed E-state index contributed by atoms with van der Waals surface area (Å²) in [7, 11) is 0. The Labute approximate surface area is 70.1 Å². The second kappa shape index (κ2) is 7.80. The van der Waals surface area contributed by atoms with E-state index in [1.807, 2.05) is 13.0 Å². The smallest absolute Gasteiger partial charge is 0.0537 e. The third-order valence-corrected chi connectivity index (χ3v) is 1.92. The van der Waals surface area contributed by atoms with Crippen molar-refractivity contribution in [2.45, 2.75) is 51.6 Å². The summed E-state index contributed by atoms with van der Waals surface area (Å²) >= 11 is 0. The van der Waals surface area contributed by atoms with Crippen molar-refractivity contribution >= 4 is 0 Å². The molecule has 0 aromatic rings. The van der Waals surface area contributed by atoms with Crippen molar-refractivity contribution in [3.8, 4) is 0 Å². The molecule has 0 aromatic carbocycles. The predicted molar refractivity (Wildman–Crippen MR) is 49.6 cm³/mol. The van der Waals surface area contributed by atoms with Gasteiger partial charge in [0.05, 0.1) is 6.10 Å². The Morgan fingerprint density at radius 3 is 2.64 bits per heavy atom. The Bertz CT molecular complexity index is 88.9. The molecule has 0 spiro atoms. The van der Waals surface area contributed by atoms with E-state index in [0.29, 0.717) is 0 Å². The molecule has 1 N–H and O–H groups in total. The SMILES string of the molecule is C=CCCCCC[C@H](O)CC. The maximum absolute atomic E-state index is 9.19. The van der Waals surface area contributed by atoms with Gasteiger partial charge in [-0.3, -0.25) is 0 Å². The van der Waals surface area contributed by atoms with Gasteiger partial charge in [0, 0.05) is 0 Å². The van der Waals surface area contributed by atoms with Gasteiger partial charge >= 0.3 is 0 Å². The Hall–Kier alpha value is -0.300. The lowest BCUT2D eigenvalue weighted by atomic mass is 10.1. The summed E-state index contributed by atoms with van der Waals surface area (Å²) in [4.78, 5) is 0. The lowest BCUT2D eigenvalue weighted by Gasteiger charge is -2.05. The Morgan fingerprint density at radius 2 is 2.09 bits per heavy atom. The van der Waals surface area contributed by atoms with Gasteiger partial charge < -0.3 is 5.11 Å². The zero-order chi connectivity index (χ0) is 8.53. The van der Waals surface area contributed by atoms with Crippen LogP contribution < -0.4 is 0 Å². The van der Waals surface area contributed by atoms with Gasteiger partial charge in [0.15, 0.2) is 0 Å². The molecule has 0 saturated heterocycles. The molecule has 0 aromatic heterocycles. The first-order chi connectivity index (χ1) is 5.31. The topological polar surface area (TPSA) is 20.2 Å². The van der Waals surface area contributed by atoms with E-state index in [0.717, 1.165) is 25.7 Å². The normalized spacial score (nSPS) is 12.9. The first-order valence-corrected chi connectivity index (χ1v) is 4.60. The van der Waals surface area contributed by atoms with Crippen LogP contribution in [0.3, 0.4) is 0 Å². The second-order valence-electron chi connectivity index (χ2n) is 2.99. The molecule has 1 atom stereocenters. The molecule has 66 valence electrons. The lowest BCUT2D eigenvalue weighted by molar-refractivity contribution is 0.156. The Morgan fingerprint density at radius 1 is 1.36 bits per heavy atom. The molecule has 11 heavy (non-hydrogen) atoms. The van der Waals surface area contributed by atoms with Gasteiger partial charge in [-0.2, -0.15) is 0 Å². The number of allylic oxidation sites excluding steroid dienone is 1. The number of unbranched alkanes of at least 4 members (excludes halogenated alkanes) is 3. The van der Waals surface area contributed by atoms with Crippen LogP contribution in [-0.2, 0) is 0 Å². The zero-order valence-electron chi connectivity index (χ0n) is 7.55. The van der Waals surface area contributed by atoms with Crippen molar-refractivity contribution in [2.24, 2.45) is 0 Å². The second-order valence-corrected chi connectivity index (χ2v) is 2.99. The summed E-state index contributed by atoms with van der Waals surface area (Å²) in [5, 5.41) is 9.19. The van der Waals surface area contributed by atoms with Gasteiger partial charge in [0.2, 0.25) is 0 Å². The maximum atomic E-state index is 9.19. The summed E-state index contributed by atoms with van der Waals surface area (Å²) in [6, 6.07) is 0. The number of aliphatic hydroxyl groups is 1. The fraction of sp³-hybridized carbons (Fsp3) is 0.800. The van der Waals surface area contributed by atoms with Crippen LogP contribution in [0.15, 0.2) is 12.7 Å². The number of rotatable bonds is 7. The number of hydrogen-bond acceptors (Lipinski definition) is 1. The highest BCUT2D eigenvalue weighted by Crippen LogP contribution is 2.07. The highest BCUT2D eigenvalue weighted by Gasteiger charge is 1.98. The van der Waals surface area contributed by atoms with E-state index in [9.17, 15) is 5.11 Å². The minimum atomic E-state index is -0.0706. The molecule has 0 heterocycles. The summed E-state index contributed by atoms with van der Waals surface area (Å²) in [6.45, 7) is 5.68. The molecule has 0 radical (unpaired) electrons. The molecule has 0 aliphatic rings. The zero-order valence-corrected chi connectivity index (χ0v) is 7.55. The van der Waals surface area contributed by atoms with E-state index in [2.05, 4.69) is 6.58 Å². The molecule has 0 rings (SSSR count). The van der Waals surface area contributed by atoms with Crippen molar-refractivity contribution in [1.29, 1.82) is 0 Å². The molecule has 0 fully saturated rings. The van der Waals surface area contributed by atoms with E-state index in [-0.39, 0.29) is 6.10 Å². The van der Waals surface area contributed by atoms with Crippen molar-refractivity contribution in [3.05, 3.63) is 12.7 Å². The van der Waals surface area contributed by atoms with Crippen molar-refractivity contribution in [3.63, 3.8) is 0 Å². The molecule has 1 nitrogen and oxygen atoms in total. The van der Waals surface area contributed by atoms with Crippen molar-refractivity contribution in [2.75, 3.05) is 0 Å². The fourth-order valence-corrected chi connectivity index (χ4v) is 1.05. The number of aliphatic hydroxyl groups excluding tert-OH is 1. The molecule has 0 amide bonds. The lowest BCUT2D eigenvalue weighted by Crippen LogP contribution is -2.03. The quantitative estimate of drug-likeness (QED) is 0.444. The monoisotopic (exact) mass is 156 g/mol. The van der Waals surface area contributed by atoms with E-state index < -0.39 is 0 Å². The van der Waals surface area contributed by atoms with Crippen LogP contribution in [0, 0.1) is 0 Å². The fourth-order valence-electron chi connectivity index (χ4n) is 1.05. The summed E-state index contributed by atoms with van der Waals surface area (Å²) < 4.78 is 0. The van der Waals surface area contributed by atoms with Gasteiger partial charge in [-0.25, -0.2) is 0 Å². The van der Waals surface area contributed by atoms with Crippen LogP contribution in [0.25, 0.3) is 0 Å². The molecular formula is C10H20O. The highest BCUT2D eigenvalue weighted by atomic mass is 16.3. The molecule has 0 aliphatic heterocycles. The Kier molecular flexibility index (Phi) is 7.59. The van der Waals surface area contributed by atoms with E-state index in [4.69, 9.17) is 0 Å². The van der Waals surface area contributed by atoms with Crippen LogP contribution in [-0.4, -0.2) is 11.2 Å². The molecule has 0 saturated carbocycles. The molecule has 0 aliphatic carbocycles. The first kappa shape index (κ1) is 10.7. The third-order valence-electron chi connectivity index (χ3n) is 1.92. The molecular weight excluding hydrogens is 136 g/mol. The average Bonchev–Trinajstić information content (AvgIpc) is 2.04.